The molecule has 0 saturated carbocycles. The Morgan fingerprint density at radius 1 is 1.07 bits per heavy atom. The Morgan fingerprint density at radius 2 is 1.67 bits per heavy atom. The van der Waals surface area contributed by atoms with Crippen LogP contribution in [0.5, 0.6) is 0 Å². The highest BCUT2D eigenvalue weighted by Crippen LogP contribution is 2.19. The Labute approximate surface area is 96.4 Å². The van der Waals surface area contributed by atoms with Crippen LogP contribution >= 0.6 is 11.3 Å². The first-order valence-electron chi connectivity index (χ1n) is 5.45. The maximum absolute atomic E-state index is 4.33. The highest BCUT2D eigenvalue weighted by molar-refractivity contribution is 7.18. The summed E-state index contributed by atoms with van der Waals surface area (Å²) in [6.45, 7) is 12.0. The predicted octanol–water partition coefficient (Wildman–Crippen LogP) is 4.36. The Kier molecular flexibility index (Phi) is 6.88. The van der Waals surface area contributed by atoms with Crippen LogP contribution in [-0.2, 0) is 0 Å². The first-order valence-corrected chi connectivity index (χ1v) is 6.27. The van der Waals surface area contributed by atoms with Gasteiger partial charge in [-0.1, -0.05) is 39.0 Å². The molecule has 0 amide bonds. The first-order chi connectivity index (χ1) is 7.25. The second kappa shape index (κ2) is 7.35. The molecule has 2 nitrogen and oxygen atoms in total. The lowest BCUT2D eigenvalue weighted by molar-refractivity contribution is 1.30. The molecule has 0 N–H and O–H groups in total. The van der Waals surface area contributed by atoms with Crippen molar-refractivity contribution in [1.29, 1.82) is 0 Å². The number of hydrogen-bond acceptors (Lipinski definition) is 3. The predicted molar refractivity (Wildman–Crippen MR) is 69.6 cm³/mol. The van der Waals surface area contributed by atoms with Crippen molar-refractivity contribution in [1.82, 2.24) is 9.97 Å². The van der Waals surface area contributed by atoms with Crippen molar-refractivity contribution in [2.24, 2.45) is 0 Å². The van der Waals surface area contributed by atoms with Crippen LogP contribution in [0.2, 0.25) is 0 Å². The minimum absolute atomic E-state index is 1.02. The zero-order valence-corrected chi connectivity index (χ0v) is 11.3. The molecule has 0 fully saturated rings. The van der Waals surface area contributed by atoms with E-state index in [4.69, 9.17) is 0 Å². The first kappa shape index (κ1) is 14.0. The molecule has 0 aliphatic rings. The van der Waals surface area contributed by atoms with E-state index >= 15 is 0 Å². The van der Waals surface area contributed by atoms with E-state index in [1.54, 1.807) is 11.3 Å². The van der Waals surface area contributed by atoms with Crippen LogP contribution in [0.15, 0.2) is 12.3 Å². The van der Waals surface area contributed by atoms with Crippen molar-refractivity contribution in [2.75, 3.05) is 0 Å². The summed E-state index contributed by atoms with van der Waals surface area (Å²) < 4.78 is 0. The van der Waals surface area contributed by atoms with Gasteiger partial charge in [-0.3, -0.25) is 0 Å². The molecule has 2 aromatic heterocycles. The number of aromatic nitrogens is 2. The zero-order valence-electron chi connectivity index (χ0n) is 10.5. The summed E-state index contributed by atoms with van der Waals surface area (Å²) in [5.41, 5.74) is 2.19. The van der Waals surface area contributed by atoms with E-state index in [-0.39, 0.29) is 0 Å². The van der Waals surface area contributed by atoms with Gasteiger partial charge < -0.3 is 0 Å². The van der Waals surface area contributed by atoms with E-state index in [2.05, 4.69) is 16.0 Å². The van der Waals surface area contributed by atoms with E-state index in [1.165, 1.54) is 5.56 Å². The largest absolute Gasteiger partial charge is 0.243 e. The molecule has 15 heavy (non-hydrogen) atoms. The molecule has 0 aliphatic carbocycles. The summed E-state index contributed by atoms with van der Waals surface area (Å²) in [5.74, 6) is 0. The normalized spacial score (nSPS) is 8.67. The second-order valence-electron chi connectivity index (χ2n) is 2.57. The number of rotatable bonds is 0. The van der Waals surface area contributed by atoms with E-state index in [1.807, 2.05) is 47.7 Å². The fourth-order valence-corrected chi connectivity index (χ4v) is 1.77. The van der Waals surface area contributed by atoms with Gasteiger partial charge in [-0.2, -0.15) is 0 Å². The van der Waals surface area contributed by atoms with Crippen LogP contribution in [0, 0.1) is 13.8 Å². The van der Waals surface area contributed by atoms with Crippen molar-refractivity contribution in [3.63, 3.8) is 0 Å². The molecule has 0 aromatic carbocycles. The summed E-state index contributed by atoms with van der Waals surface area (Å²) in [5, 5.41) is 1.08. The van der Waals surface area contributed by atoms with Crippen molar-refractivity contribution >= 4 is 21.7 Å². The molecule has 0 radical (unpaired) electrons. The topological polar surface area (TPSA) is 25.8 Å². The van der Waals surface area contributed by atoms with Crippen LogP contribution in [0.1, 0.15) is 38.3 Å². The van der Waals surface area contributed by atoms with Crippen LogP contribution in [-0.4, -0.2) is 9.97 Å². The smallest absolute Gasteiger partial charge is 0.143 e. The fraction of sp³-hybridized carbons (Fsp3) is 0.500. The van der Waals surface area contributed by atoms with Crippen molar-refractivity contribution in [2.45, 2.75) is 41.5 Å². The van der Waals surface area contributed by atoms with Crippen LogP contribution < -0.4 is 0 Å². The molecular formula is C12H20N2S. The van der Waals surface area contributed by atoms with E-state index in [0.29, 0.717) is 0 Å². The molecule has 2 heterocycles. The average Bonchev–Trinajstić information content (AvgIpc) is 2.63. The number of fused-ring (bicyclic) bond motifs is 1. The molecule has 0 saturated heterocycles. The third-order valence-electron chi connectivity index (χ3n) is 1.49. The van der Waals surface area contributed by atoms with Crippen molar-refractivity contribution in [3.8, 4) is 0 Å². The lowest BCUT2D eigenvalue weighted by Gasteiger charge is -1.87. The third-order valence-corrected chi connectivity index (χ3v) is 2.39. The summed E-state index contributed by atoms with van der Waals surface area (Å²) in [4.78, 5) is 9.62. The van der Waals surface area contributed by atoms with Gasteiger partial charge in [-0.05, 0) is 25.5 Å². The van der Waals surface area contributed by atoms with Gasteiger partial charge in [-0.15, -0.1) is 0 Å². The number of thiazole rings is 1. The molecular weight excluding hydrogens is 204 g/mol. The Balaban J connectivity index is 0.000000442. The zero-order chi connectivity index (χ0) is 11.8. The lowest BCUT2D eigenvalue weighted by atomic mass is 10.3. The minimum atomic E-state index is 1.02. The average molecular weight is 224 g/mol. The molecule has 84 valence electrons. The molecule has 0 spiro atoms. The molecule has 0 unspecified atom stereocenters. The number of pyridine rings is 1. The van der Waals surface area contributed by atoms with Gasteiger partial charge in [0.25, 0.3) is 0 Å². The minimum Gasteiger partial charge on any atom is -0.243 e. The summed E-state index contributed by atoms with van der Waals surface area (Å²) >= 11 is 1.64. The number of nitrogens with zero attached hydrogens (tertiary/aromatic N) is 2. The monoisotopic (exact) mass is 224 g/mol. The Bertz CT molecular complexity index is 393. The maximum atomic E-state index is 4.33. The molecule has 0 aliphatic heterocycles. The van der Waals surface area contributed by atoms with Gasteiger partial charge in [0.1, 0.15) is 10.3 Å². The van der Waals surface area contributed by atoms with Crippen LogP contribution in [0.3, 0.4) is 0 Å². The van der Waals surface area contributed by atoms with Gasteiger partial charge >= 0.3 is 0 Å². The molecule has 3 heteroatoms. The molecule has 2 rings (SSSR count). The van der Waals surface area contributed by atoms with Crippen LogP contribution in [0.4, 0.5) is 0 Å². The van der Waals surface area contributed by atoms with Crippen molar-refractivity contribution in [3.05, 3.63) is 22.8 Å². The Hall–Kier alpha value is -0.960. The van der Waals surface area contributed by atoms with Gasteiger partial charge in [0.2, 0.25) is 0 Å². The van der Waals surface area contributed by atoms with E-state index in [9.17, 15) is 0 Å². The van der Waals surface area contributed by atoms with E-state index in [0.717, 1.165) is 15.4 Å². The highest BCUT2D eigenvalue weighted by Gasteiger charge is 1.99. The molecule has 0 bridgehead atoms. The standard InChI is InChI=1S/C8H8N2S.2C2H6/c1-5-3-7-8(9-4-5)11-6(2)10-7;2*1-2/h3-4H,1-2H3;2*1-2H3. The summed E-state index contributed by atoms with van der Waals surface area (Å²) in [7, 11) is 0. The van der Waals surface area contributed by atoms with Crippen LogP contribution in [0.25, 0.3) is 10.3 Å². The lowest BCUT2D eigenvalue weighted by Crippen LogP contribution is -1.76. The number of hydrogen-bond donors (Lipinski definition) is 0. The van der Waals surface area contributed by atoms with Gasteiger partial charge in [0.05, 0.1) is 5.01 Å². The van der Waals surface area contributed by atoms with Gasteiger partial charge in [-0.25, -0.2) is 9.97 Å². The van der Waals surface area contributed by atoms with Gasteiger partial charge in [0.15, 0.2) is 0 Å². The molecule has 2 aromatic rings. The highest BCUT2D eigenvalue weighted by atomic mass is 32.1. The number of aryl methyl sites for hydroxylation is 2. The van der Waals surface area contributed by atoms with E-state index < -0.39 is 0 Å². The SMILES string of the molecule is CC.CC.Cc1cnc2sc(C)nc2c1. The maximum Gasteiger partial charge on any atom is 0.143 e. The second-order valence-corrected chi connectivity index (χ2v) is 3.75. The van der Waals surface area contributed by atoms with Gasteiger partial charge in [0, 0.05) is 6.20 Å². The quantitative estimate of drug-likeness (QED) is 0.664. The fourth-order valence-electron chi connectivity index (χ4n) is 1.03. The van der Waals surface area contributed by atoms with Crippen molar-refractivity contribution < 1.29 is 0 Å². The summed E-state index contributed by atoms with van der Waals surface area (Å²) in [6, 6.07) is 2.06. The summed E-state index contributed by atoms with van der Waals surface area (Å²) in [6.07, 6.45) is 1.87. The Morgan fingerprint density at radius 3 is 2.27 bits per heavy atom. The molecule has 0 atom stereocenters. The third kappa shape index (κ3) is 3.96.